The first-order chi connectivity index (χ1) is 9.95. The number of carbonyl (C=O) groups excluding carboxylic acids is 1. The molecule has 1 heterocycles. The molecule has 21 heavy (non-hydrogen) atoms. The van der Waals surface area contributed by atoms with E-state index in [-0.39, 0.29) is 10.9 Å². The Morgan fingerprint density at radius 3 is 2.43 bits per heavy atom. The van der Waals surface area contributed by atoms with Crippen molar-refractivity contribution in [2.75, 3.05) is 12.8 Å². The van der Waals surface area contributed by atoms with Gasteiger partial charge in [0, 0.05) is 25.0 Å². The molecule has 0 bridgehead atoms. The van der Waals surface area contributed by atoms with Crippen LogP contribution in [0.2, 0.25) is 0 Å². The summed E-state index contributed by atoms with van der Waals surface area (Å²) in [7, 11) is -3.32. The molecule has 2 aliphatic rings. The van der Waals surface area contributed by atoms with Gasteiger partial charge in [0.05, 0.1) is 5.56 Å². The maximum Gasteiger partial charge on any atom is 0.255 e. The summed E-state index contributed by atoms with van der Waals surface area (Å²) >= 11 is 0. The van der Waals surface area contributed by atoms with E-state index in [9.17, 15) is 13.2 Å². The fourth-order valence-corrected chi connectivity index (χ4v) is 3.13. The van der Waals surface area contributed by atoms with Gasteiger partial charge in [0.25, 0.3) is 5.91 Å². The molecule has 1 amide bonds. The van der Waals surface area contributed by atoms with E-state index in [0.29, 0.717) is 17.5 Å². The SMILES string of the molecule is CS(=O)(=O)c1ccc(C(=O)N(CC2CC2)C2CCC2)cn1. The van der Waals surface area contributed by atoms with Gasteiger partial charge in [-0.25, -0.2) is 13.4 Å². The van der Waals surface area contributed by atoms with Crippen LogP contribution in [0.4, 0.5) is 0 Å². The van der Waals surface area contributed by atoms with E-state index in [1.807, 2.05) is 4.90 Å². The molecular weight excluding hydrogens is 288 g/mol. The third kappa shape index (κ3) is 3.26. The Labute approximate surface area is 125 Å². The second-order valence-electron chi connectivity index (χ2n) is 6.14. The van der Waals surface area contributed by atoms with E-state index in [0.717, 1.165) is 25.6 Å². The predicted molar refractivity (Wildman–Crippen MR) is 78.7 cm³/mol. The number of aromatic nitrogens is 1. The highest BCUT2D eigenvalue weighted by Crippen LogP contribution is 2.34. The van der Waals surface area contributed by atoms with Crippen molar-refractivity contribution in [1.29, 1.82) is 0 Å². The summed E-state index contributed by atoms with van der Waals surface area (Å²) in [5.41, 5.74) is 0.481. The highest BCUT2D eigenvalue weighted by Gasteiger charge is 2.34. The molecule has 1 aromatic heterocycles. The molecule has 0 spiro atoms. The topological polar surface area (TPSA) is 67.3 Å². The average molecular weight is 308 g/mol. The van der Waals surface area contributed by atoms with E-state index < -0.39 is 9.84 Å². The van der Waals surface area contributed by atoms with Crippen LogP contribution in [-0.4, -0.2) is 43.1 Å². The molecule has 6 heteroatoms. The van der Waals surface area contributed by atoms with Crippen LogP contribution in [0.15, 0.2) is 23.4 Å². The lowest BCUT2D eigenvalue weighted by Crippen LogP contribution is -2.45. The molecule has 0 radical (unpaired) electrons. The lowest BCUT2D eigenvalue weighted by Gasteiger charge is -2.37. The molecule has 0 aliphatic heterocycles. The average Bonchev–Trinajstić information content (AvgIpc) is 3.18. The van der Waals surface area contributed by atoms with Crippen molar-refractivity contribution in [3.05, 3.63) is 23.9 Å². The zero-order valence-corrected chi connectivity index (χ0v) is 13.0. The Bertz CT molecular complexity index is 631. The van der Waals surface area contributed by atoms with Crippen LogP contribution >= 0.6 is 0 Å². The van der Waals surface area contributed by atoms with Crippen molar-refractivity contribution in [2.45, 2.75) is 43.2 Å². The van der Waals surface area contributed by atoms with Gasteiger partial charge in [-0.05, 0) is 50.2 Å². The number of pyridine rings is 1. The number of sulfone groups is 1. The van der Waals surface area contributed by atoms with Crippen LogP contribution in [-0.2, 0) is 9.84 Å². The fourth-order valence-electron chi connectivity index (χ4n) is 2.57. The van der Waals surface area contributed by atoms with E-state index in [2.05, 4.69) is 4.98 Å². The summed E-state index contributed by atoms with van der Waals surface area (Å²) in [6.07, 6.45) is 8.26. The van der Waals surface area contributed by atoms with Gasteiger partial charge in [-0.1, -0.05) is 0 Å². The van der Waals surface area contributed by atoms with Crippen LogP contribution in [0.3, 0.4) is 0 Å². The van der Waals surface area contributed by atoms with Gasteiger partial charge in [0.2, 0.25) is 0 Å². The summed E-state index contributed by atoms with van der Waals surface area (Å²) in [6.45, 7) is 0.831. The lowest BCUT2D eigenvalue weighted by molar-refractivity contribution is 0.0565. The van der Waals surface area contributed by atoms with Gasteiger partial charge >= 0.3 is 0 Å². The van der Waals surface area contributed by atoms with Gasteiger partial charge in [-0.15, -0.1) is 0 Å². The van der Waals surface area contributed by atoms with Gasteiger partial charge in [0.1, 0.15) is 0 Å². The Kier molecular flexibility index (Phi) is 3.73. The molecule has 1 aromatic rings. The minimum Gasteiger partial charge on any atom is -0.335 e. The normalized spacial score (nSPS) is 19.1. The number of rotatable bonds is 5. The molecule has 114 valence electrons. The highest BCUT2D eigenvalue weighted by molar-refractivity contribution is 7.90. The number of hydrogen-bond acceptors (Lipinski definition) is 4. The van der Waals surface area contributed by atoms with Crippen molar-refractivity contribution in [3.8, 4) is 0 Å². The van der Waals surface area contributed by atoms with E-state index >= 15 is 0 Å². The Balaban J connectivity index is 1.78. The standard InChI is InChI=1S/C15H20N2O3S/c1-21(19,20)14-8-7-12(9-16-14)15(18)17(10-11-5-6-11)13-3-2-4-13/h7-9,11,13H,2-6,10H2,1H3. The first kappa shape index (κ1) is 14.5. The molecule has 2 aliphatic carbocycles. The van der Waals surface area contributed by atoms with Crippen molar-refractivity contribution < 1.29 is 13.2 Å². The monoisotopic (exact) mass is 308 g/mol. The lowest BCUT2D eigenvalue weighted by atomic mass is 9.90. The van der Waals surface area contributed by atoms with Gasteiger partial charge in [-0.3, -0.25) is 4.79 Å². The van der Waals surface area contributed by atoms with E-state index in [4.69, 9.17) is 0 Å². The predicted octanol–water partition coefficient (Wildman–Crippen LogP) is 1.89. The second kappa shape index (κ2) is 5.40. The fraction of sp³-hybridized carbons (Fsp3) is 0.600. The van der Waals surface area contributed by atoms with Gasteiger partial charge in [0.15, 0.2) is 14.9 Å². The summed E-state index contributed by atoms with van der Waals surface area (Å²) < 4.78 is 22.8. The van der Waals surface area contributed by atoms with Crippen LogP contribution in [0.1, 0.15) is 42.5 Å². The van der Waals surface area contributed by atoms with E-state index in [1.165, 1.54) is 31.5 Å². The third-order valence-electron chi connectivity index (χ3n) is 4.29. The molecule has 0 aromatic carbocycles. The first-order valence-corrected chi connectivity index (χ1v) is 9.31. The highest BCUT2D eigenvalue weighted by atomic mass is 32.2. The first-order valence-electron chi connectivity index (χ1n) is 7.42. The van der Waals surface area contributed by atoms with Crippen LogP contribution in [0.5, 0.6) is 0 Å². The van der Waals surface area contributed by atoms with Gasteiger partial charge in [-0.2, -0.15) is 0 Å². The zero-order chi connectivity index (χ0) is 15.0. The molecule has 0 unspecified atom stereocenters. The number of hydrogen-bond donors (Lipinski definition) is 0. The van der Waals surface area contributed by atoms with Crippen molar-refractivity contribution in [2.24, 2.45) is 5.92 Å². The summed E-state index contributed by atoms with van der Waals surface area (Å²) in [5, 5.41) is 0.0106. The van der Waals surface area contributed by atoms with E-state index in [1.54, 1.807) is 6.07 Å². The van der Waals surface area contributed by atoms with Crippen LogP contribution in [0, 0.1) is 5.92 Å². The quantitative estimate of drug-likeness (QED) is 0.833. The van der Waals surface area contributed by atoms with Gasteiger partial charge < -0.3 is 4.90 Å². The third-order valence-corrected chi connectivity index (χ3v) is 5.29. The van der Waals surface area contributed by atoms with Crippen molar-refractivity contribution in [1.82, 2.24) is 9.88 Å². The Morgan fingerprint density at radius 2 is 2.00 bits per heavy atom. The maximum atomic E-state index is 12.6. The molecule has 2 saturated carbocycles. The molecule has 0 atom stereocenters. The minimum atomic E-state index is -3.32. The van der Waals surface area contributed by atoms with Crippen LogP contribution < -0.4 is 0 Å². The molecule has 5 nitrogen and oxygen atoms in total. The molecule has 0 saturated heterocycles. The summed E-state index contributed by atoms with van der Waals surface area (Å²) in [5.74, 6) is 0.636. The van der Waals surface area contributed by atoms with Crippen molar-refractivity contribution in [3.63, 3.8) is 0 Å². The molecule has 3 rings (SSSR count). The summed E-state index contributed by atoms with van der Waals surface area (Å²) in [6, 6.07) is 3.34. The van der Waals surface area contributed by atoms with Crippen LogP contribution in [0.25, 0.3) is 0 Å². The number of nitrogens with zero attached hydrogens (tertiary/aromatic N) is 2. The second-order valence-corrected chi connectivity index (χ2v) is 8.11. The summed E-state index contributed by atoms with van der Waals surface area (Å²) in [4.78, 5) is 18.5. The largest absolute Gasteiger partial charge is 0.335 e. The zero-order valence-electron chi connectivity index (χ0n) is 12.2. The minimum absolute atomic E-state index is 0.0106. The Hall–Kier alpha value is -1.43. The van der Waals surface area contributed by atoms with Crippen molar-refractivity contribution >= 4 is 15.7 Å². The Morgan fingerprint density at radius 1 is 1.29 bits per heavy atom. The number of carbonyl (C=O) groups is 1. The molecule has 0 N–H and O–H groups in total. The molecular formula is C15H20N2O3S. The maximum absolute atomic E-state index is 12.6. The number of amides is 1. The smallest absolute Gasteiger partial charge is 0.255 e. The molecule has 2 fully saturated rings.